The predicted molar refractivity (Wildman–Crippen MR) is 66.3 cm³/mol. The Bertz CT molecular complexity index is 356. The number of nitrogens with two attached hydrogens (primary N) is 1. The van der Waals surface area contributed by atoms with Gasteiger partial charge in [0.25, 0.3) is 5.91 Å². The molecular weight excluding hydrogens is 234 g/mol. The van der Waals surface area contributed by atoms with E-state index >= 15 is 0 Å². The lowest BCUT2D eigenvalue weighted by Gasteiger charge is -2.33. The average Bonchev–Trinajstić information content (AvgIpc) is 2.99. The first-order valence-electron chi connectivity index (χ1n) is 6.47. The third-order valence-corrected chi connectivity index (χ3v) is 4.11. The molecular formula is C12H21N3O3. The van der Waals surface area contributed by atoms with Gasteiger partial charge < -0.3 is 21.0 Å². The van der Waals surface area contributed by atoms with Crippen molar-refractivity contribution in [1.29, 1.82) is 0 Å². The number of nitrogens with zero attached hydrogens (tertiary/aromatic N) is 1. The van der Waals surface area contributed by atoms with Crippen LogP contribution in [0.25, 0.3) is 0 Å². The molecule has 6 nitrogen and oxygen atoms in total. The topological polar surface area (TPSA) is 96.9 Å². The number of carbonyl (C=O) groups excluding carboxylic acids is 1. The third kappa shape index (κ3) is 2.16. The van der Waals surface area contributed by atoms with Crippen LogP contribution in [-0.2, 0) is 9.53 Å². The van der Waals surface area contributed by atoms with Gasteiger partial charge in [-0.3, -0.25) is 4.79 Å². The summed E-state index contributed by atoms with van der Waals surface area (Å²) in [5, 5.41) is 14.9. The van der Waals surface area contributed by atoms with Crippen LogP contribution < -0.4 is 11.1 Å². The summed E-state index contributed by atoms with van der Waals surface area (Å²) in [6.45, 7) is 2.41. The summed E-state index contributed by atoms with van der Waals surface area (Å²) < 4.78 is 5.52. The van der Waals surface area contributed by atoms with Crippen LogP contribution in [0.2, 0.25) is 0 Å². The van der Waals surface area contributed by atoms with Gasteiger partial charge in [0.15, 0.2) is 5.84 Å². The molecule has 0 aromatic rings. The lowest BCUT2D eigenvalue weighted by atomic mass is 9.93. The molecule has 1 saturated heterocycles. The number of hydrogen-bond donors (Lipinski definition) is 3. The monoisotopic (exact) mass is 255 g/mol. The normalized spacial score (nSPS) is 31.5. The van der Waals surface area contributed by atoms with E-state index in [4.69, 9.17) is 15.7 Å². The van der Waals surface area contributed by atoms with Crippen molar-refractivity contribution < 1.29 is 14.7 Å². The molecule has 1 atom stereocenters. The number of amides is 1. The number of oxime groups is 1. The van der Waals surface area contributed by atoms with Crippen LogP contribution in [0.3, 0.4) is 0 Å². The van der Waals surface area contributed by atoms with Crippen molar-refractivity contribution in [3.8, 4) is 0 Å². The summed E-state index contributed by atoms with van der Waals surface area (Å²) in [6, 6.07) is 0. The number of nitrogens with one attached hydrogen (secondary N) is 1. The third-order valence-electron chi connectivity index (χ3n) is 4.11. The van der Waals surface area contributed by atoms with Crippen LogP contribution in [0.1, 0.15) is 45.4 Å². The highest BCUT2D eigenvalue weighted by atomic mass is 16.5. The highest BCUT2D eigenvalue weighted by Gasteiger charge is 2.45. The Morgan fingerprint density at radius 2 is 2.00 bits per heavy atom. The first-order valence-corrected chi connectivity index (χ1v) is 6.47. The standard InChI is InChI=1S/C12H21N3O3/c1-11(5-4-8-18-11)10(16)14-12(9(13)15-17)6-2-3-7-12/h17H,2-8H2,1H3,(H2,13,15)(H,14,16). The maximum Gasteiger partial charge on any atom is 0.252 e. The maximum atomic E-state index is 12.3. The van der Waals surface area contributed by atoms with E-state index in [9.17, 15) is 4.79 Å². The van der Waals surface area contributed by atoms with E-state index in [1.807, 2.05) is 0 Å². The number of hydrogen-bond acceptors (Lipinski definition) is 4. The molecule has 1 heterocycles. The number of amidine groups is 1. The highest BCUT2D eigenvalue weighted by Crippen LogP contribution is 2.32. The molecule has 0 bridgehead atoms. The average molecular weight is 255 g/mol. The quantitative estimate of drug-likeness (QED) is 0.300. The van der Waals surface area contributed by atoms with Crippen LogP contribution >= 0.6 is 0 Å². The molecule has 1 aliphatic carbocycles. The van der Waals surface area contributed by atoms with Crippen molar-refractivity contribution in [2.24, 2.45) is 10.9 Å². The zero-order chi connectivity index (χ0) is 13.2. The summed E-state index contributed by atoms with van der Waals surface area (Å²) in [4.78, 5) is 12.3. The second kappa shape index (κ2) is 4.76. The van der Waals surface area contributed by atoms with Crippen LogP contribution in [0.15, 0.2) is 5.16 Å². The van der Waals surface area contributed by atoms with Gasteiger partial charge in [0, 0.05) is 6.61 Å². The smallest absolute Gasteiger partial charge is 0.252 e. The van der Waals surface area contributed by atoms with Crippen molar-refractivity contribution in [3.05, 3.63) is 0 Å². The Kier molecular flexibility index (Phi) is 3.47. The number of carbonyl (C=O) groups is 1. The molecule has 2 aliphatic rings. The van der Waals surface area contributed by atoms with Crippen molar-refractivity contribution in [2.75, 3.05) is 6.61 Å². The molecule has 1 saturated carbocycles. The van der Waals surface area contributed by atoms with Crippen molar-refractivity contribution in [1.82, 2.24) is 5.32 Å². The van der Waals surface area contributed by atoms with E-state index in [-0.39, 0.29) is 11.7 Å². The minimum Gasteiger partial charge on any atom is -0.409 e. The van der Waals surface area contributed by atoms with Crippen molar-refractivity contribution >= 4 is 11.7 Å². The molecule has 0 radical (unpaired) electrons. The number of ether oxygens (including phenoxy) is 1. The molecule has 2 fully saturated rings. The molecule has 1 aliphatic heterocycles. The zero-order valence-electron chi connectivity index (χ0n) is 10.7. The summed E-state index contributed by atoms with van der Waals surface area (Å²) in [7, 11) is 0. The fourth-order valence-corrected chi connectivity index (χ4v) is 2.83. The van der Waals surface area contributed by atoms with Crippen molar-refractivity contribution in [2.45, 2.75) is 56.6 Å². The van der Waals surface area contributed by atoms with Gasteiger partial charge in [0.2, 0.25) is 0 Å². The van der Waals surface area contributed by atoms with E-state index in [1.165, 1.54) is 0 Å². The predicted octanol–water partition coefficient (Wildman–Crippen LogP) is 0.731. The minimum atomic E-state index is -0.772. The first kappa shape index (κ1) is 13.1. The molecule has 0 aromatic heterocycles. The van der Waals surface area contributed by atoms with Gasteiger partial charge in [-0.2, -0.15) is 0 Å². The largest absolute Gasteiger partial charge is 0.409 e. The Hall–Kier alpha value is -1.30. The fraction of sp³-hybridized carbons (Fsp3) is 0.833. The molecule has 102 valence electrons. The van der Waals surface area contributed by atoms with Crippen LogP contribution in [0, 0.1) is 0 Å². The Balaban J connectivity index is 2.12. The Morgan fingerprint density at radius 3 is 2.50 bits per heavy atom. The molecule has 1 amide bonds. The lowest BCUT2D eigenvalue weighted by molar-refractivity contribution is -0.140. The molecule has 6 heteroatoms. The highest BCUT2D eigenvalue weighted by molar-refractivity contribution is 5.96. The molecule has 0 aromatic carbocycles. The molecule has 4 N–H and O–H groups in total. The van der Waals surface area contributed by atoms with Crippen LogP contribution in [-0.4, -0.2) is 34.7 Å². The van der Waals surface area contributed by atoms with Gasteiger partial charge in [-0.1, -0.05) is 18.0 Å². The second-order valence-electron chi connectivity index (χ2n) is 5.41. The van der Waals surface area contributed by atoms with E-state index in [0.717, 1.165) is 19.3 Å². The van der Waals surface area contributed by atoms with Gasteiger partial charge in [0.05, 0.1) is 0 Å². The Morgan fingerprint density at radius 1 is 1.33 bits per heavy atom. The van der Waals surface area contributed by atoms with E-state index < -0.39 is 11.1 Å². The Labute approximate surface area is 107 Å². The molecule has 0 spiro atoms. The molecule has 2 rings (SSSR count). The van der Waals surface area contributed by atoms with E-state index in [0.29, 0.717) is 25.9 Å². The van der Waals surface area contributed by atoms with Gasteiger partial charge in [-0.25, -0.2) is 0 Å². The van der Waals surface area contributed by atoms with Crippen molar-refractivity contribution in [3.63, 3.8) is 0 Å². The summed E-state index contributed by atoms with van der Waals surface area (Å²) >= 11 is 0. The maximum absolute atomic E-state index is 12.3. The van der Waals surface area contributed by atoms with Crippen LogP contribution in [0.4, 0.5) is 0 Å². The summed E-state index contributed by atoms with van der Waals surface area (Å²) in [5.74, 6) is -0.0663. The van der Waals surface area contributed by atoms with E-state index in [2.05, 4.69) is 10.5 Å². The van der Waals surface area contributed by atoms with Gasteiger partial charge in [-0.15, -0.1) is 0 Å². The first-order chi connectivity index (χ1) is 8.52. The second-order valence-corrected chi connectivity index (χ2v) is 5.41. The van der Waals surface area contributed by atoms with E-state index in [1.54, 1.807) is 6.92 Å². The summed E-state index contributed by atoms with van der Waals surface area (Å²) in [6.07, 6.45) is 4.96. The molecule has 18 heavy (non-hydrogen) atoms. The lowest BCUT2D eigenvalue weighted by Crippen LogP contribution is -2.60. The van der Waals surface area contributed by atoms with Gasteiger partial charge >= 0.3 is 0 Å². The minimum absolute atomic E-state index is 0.0925. The van der Waals surface area contributed by atoms with Crippen LogP contribution in [0.5, 0.6) is 0 Å². The summed E-state index contributed by atoms with van der Waals surface area (Å²) in [5.41, 5.74) is 4.28. The number of rotatable bonds is 3. The zero-order valence-corrected chi connectivity index (χ0v) is 10.7. The fourth-order valence-electron chi connectivity index (χ4n) is 2.83. The molecule has 1 unspecified atom stereocenters. The SMILES string of the molecule is CC1(C(=O)NC2(C(N)=NO)CCCC2)CCCO1. The van der Waals surface area contributed by atoms with Gasteiger partial charge in [0.1, 0.15) is 11.1 Å². The van der Waals surface area contributed by atoms with Gasteiger partial charge in [-0.05, 0) is 32.6 Å².